The van der Waals surface area contributed by atoms with E-state index in [4.69, 9.17) is 23.0 Å². The minimum absolute atomic E-state index is 0.0497. The monoisotopic (exact) mass is 763 g/mol. The zero-order chi connectivity index (χ0) is 35.3. The van der Waals surface area contributed by atoms with Gasteiger partial charge in [-0.2, -0.15) is 0 Å². The Hall–Kier alpha value is -2.69. The van der Waals surface area contributed by atoms with E-state index in [0.29, 0.717) is 12.1 Å². The fraction of sp³-hybridized carbons (Fsp3) is 0.577. The summed E-state index contributed by atoms with van der Waals surface area (Å²) in [6, 6.07) is 0. The highest BCUT2D eigenvalue weighted by atomic mass is 32.2. The van der Waals surface area contributed by atoms with Crippen LogP contribution in [0.3, 0.4) is 0 Å². The predicted octanol–water partition coefficient (Wildman–Crippen LogP) is -0.176. The zero-order valence-corrected chi connectivity index (χ0v) is 28.5. The molecule has 0 amide bonds. The second-order valence-corrected chi connectivity index (χ2v) is 14.9. The normalized spacial score (nSPS) is 30.2. The quantitative estimate of drug-likeness (QED) is 0.0926. The number of phosphoric acid groups is 1. The number of imidazole rings is 1. The maximum Gasteiger partial charge on any atom is 0.472 e. The average molecular weight is 764 g/mol. The molecule has 5 N–H and O–H groups in total. The van der Waals surface area contributed by atoms with Gasteiger partial charge in [-0.25, -0.2) is 28.9 Å². The fourth-order valence-electron chi connectivity index (χ4n) is 6.32. The third kappa shape index (κ3) is 6.58. The molecule has 0 spiro atoms. The van der Waals surface area contributed by atoms with Gasteiger partial charge < -0.3 is 39.1 Å². The first kappa shape index (κ1) is 35.7. The summed E-state index contributed by atoms with van der Waals surface area (Å²) in [6.45, 7) is -2.02. The minimum Gasteiger partial charge on any atom is -0.395 e. The van der Waals surface area contributed by atoms with Crippen molar-refractivity contribution < 1.29 is 61.7 Å². The van der Waals surface area contributed by atoms with Gasteiger partial charge in [0, 0.05) is 6.20 Å². The van der Waals surface area contributed by atoms with E-state index in [0.717, 1.165) is 49.9 Å². The van der Waals surface area contributed by atoms with Crippen molar-refractivity contribution in [2.75, 3.05) is 25.6 Å². The lowest BCUT2D eigenvalue weighted by atomic mass is 10.1. The molecule has 272 valence electrons. The molecule has 2 unspecified atom stereocenters. The Balaban J connectivity index is 1.07. The van der Waals surface area contributed by atoms with Crippen LogP contribution in [0.1, 0.15) is 24.4 Å². The summed E-state index contributed by atoms with van der Waals surface area (Å²) >= 11 is 1.55. The molecular formula is C26H32FN7O13P2S. The molecule has 2 fully saturated rings. The van der Waals surface area contributed by atoms with E-state index in [2.05, 4.69) is 19.9 Å². The van der Waals surface area contributed by atoms with E-state index >= 15 is 4.39 Å². The Morgan fingerprint density at radius 1 is 1.08 bits per heavy atom. The van der Waals surface area contributed by atoms with Crippen molar-refractivity contribution >= 4 is 50.0 Å². The second-order valence-electron chi connectivity index (χ2n) is 11.6. The maximum absolute atomic E-state index is 16.1. The van der Waals surface area contributed by atoms with E-state index in [1.807, 2.05) is 0 Å². The third-order valence-electron chi connectivity index (χ3n) is 8.58. The van der Waals surface area contributed by atoms with Crippen LogP contribution in [0.15, 0.2) is 35.0 Å². The molecule has 0 bridgehead atoms. The number of fused-ring (bicyclic) bond motifs is 1. The SMILES string of the molecule is O=c1c2ncn([C@@H]3O[C@H](COP(=O)(O)O[C@H]4[C@@H](F)[C@H](n5cc6c7c(ncnc75)SCCC6)O[C@@H]4CO)[C@@H](O)[C@H]3O[PH](=O)O)c2ncn1CCO. The molecule has 10 atom stereocenters. The molecule has 3 aliphatic rings. The fourth-order valence-corrected chi connectivity index (χ4v) is 8.74. The molecule has 0 saturated carbocycles. The Kier molecular flexibility index (Phi) is 10.3. The average Bonchev–Trinajstić information content (AvgIpc) is 3.79. The largest absolute Gasteiger partial charge is 0.472 e. The van der Waals surface area contributed by atoms with Crippen LogP contribution in [0.4, 0.5) is 4.39 Å². The van der Waals surface area contributed by atoms with Crippen LogP contribution in [0.2, 0.25) is 0 Å². The van der Waals surface area contributed by atoms with Gasteiger partial charge in [0.15, 0.2) is 29.8 Å². The van der Waals surface area contributed by atoms with Gasteiger partial charge in [0.2, 0.25) is 0 Å². The first-order valence-corrected chi connectivity index (χ1v) is 19.0. The van der Waals surface area contributed by atoms with Crippen LogP contribution in [0.5, 0.6) is 0 Å². The molecule has 3 aliphatic heterocycles. The molecule has 0 aromatic carbocycles. The number of phosphoric ester groups is 1. The number of aromatic nitrogens is 7. The summed E-state index contributed by atoms with van der Waals surface area (Å²) in [6.07, 6.45) is -5.98. The number of hydrogen-bond donors (Lipinski definition) is 5. The molecule has 2 saturated heterocycles. The van der Waals surface area contributed by atoms with E-state index in [-0.39, 0.29) is 24.3 Å². The third-order valence-corrected chi connectivity index (χ3v) is 11.1. The zero-order valence-electron chi connectivity index (χ0n) is 25.7. The number of aryl methyl sites for hydroxylation is 1. The van der Waals surface area contributed by atoms with Gasteiger partial charge in [-0.15, -0.1) is 11.8 Å². The van der Waals surface area contributed by atoms with E-state index in [1.54, 1.807) is 18.0 Å². The van der Waals surface area contributed by atoms with Crippen molar-refractivity contribution in [3.05, 3.63) is 41.1 Å². The molecule has 24 heteroatoms. The number of thioether (sulfide) groups is 1. The summed E-state index contributed by atoms with van der Waals surface area (Å²) in [5, 5.41) is 31.6. The predicted molar refractivity (Wildman–Crippen MR) is 168 cm³/mol. The molecule has 4 aromatic heterocycles. The summed E-state index contributed by atoms with van der Waals surface area (Å²) in [7, 11) is -8.85. The molecule has 7 heterocycles. The van der Waals surface area contributed by atoms with Crippen molar-refractivity contribution in [3.8, 4) is 0 Å². The molecule has 0 radical (unpaired) electrons. The van der Waals surface area contributed by atoms with Crippen molar-refractivity contribution in [2.24, 2.45) is 0 Å². The van der Waals surface area contributed by atoms with Crippen molar-refractivity contribution in [3.63, 3.8) is 0 Å². The summed E-state index contributed by atoms with van der Waals surface area (Å²) < 4.78 is 71.5. The summed E-state index contributed by atoms with van der Waals surface area (Å²) in [5.74, 6) is 0.853. The lowest BCUT2D eigenvalue weighted by molar-refractivity contribution is -0.0575. The smallest absolute Gasteiger partial charge is 0.395 e. The molecular weight excluding hydrogens is 731 g/mol. The standard InChI is InChI=1S/C26H32FN7O13P2S/c27-16-19(13(7-36)44-25(16)33-6-12-2-1-5-50-23-15(12)21(33)28-9-29-23)47-49(41,42)43-8-14-18(37)20(46-48(39)40)26(45-14)34-11-30-17-22(34)31-10-32(3-4-35)24(17)38/h6,9-11,13-14,16,18-20,25-26,35-37,48H,1-5,7-8H2,(H,39,40)(H,41,42)/t13-,14-,16-,18-,19-,20-,25-,26-/m1/s1. The molecule has 4 aromatic rings. The van der Waals surface area contributed by atoms with Crippen molar-refractivity contribution in [1.29, 1.82) is 0 Å². The van der Waals surface area contributed by atoms with Crippen LogP contribution in [0.25, 0.3) is 22.2 Å². The lowest BCUT2D eigenvalue weighted by Crippen LogP contribution is -2.35. The number of aliphatic hydroxyl groups is 3. The second kappa shape index (κ2) is 14.4. The van der Waals surface area contributed by atoms with Gasteiger partial charge in [0.05, 0.1) is 38.1 Å². The topological polar surface area (TPSA) is 265 Å². The van der Waals surface area contributed by atoms with Gasteiger partial charge >= 0.3 is 16.1 Å². The van der Waals surface area contributed by atoms with Crippen LogP contribution < -0.4 is 5.56 Å². The number of ether oxygens (including phenoxy) is 2. The molecule has 20 nitrogen and oxygen atoms in total. The van der Waals surface area contributed by atoms with Crippen LogP contribution in [-0.2, 0) is 45.1 Å². The molecule has 0 aliphatic carbocycles. The molecule has 7 rings (SSSR count). The number of halogens is 1. The highest BCUT2D eigenvalue weighted by Crippen LogP contribution is 2.50. The number of hydrogen-bond acceptors (Lipinski definition) is 16. The van der Waals surface area contributed by atoms with Crippen LogP contribution in [-0.4, -0.2) is 121 Å². The van der Waals surface area contributed by atoms with E-state index < -0.39 is 84.0 Å². The Morgan fingerprint density at radius 3 is 2.64 bits per heavy atom. The minimum atomic E-state index is -5.17. The number of rotatable bonds is 12. The molecule has 50 heavy (non-hydrogen) atoms. The van der Waals surface area contributed by atoms with Gasteiger partial charge in [0.1, 0.15) is 53.8 Å². The Labute approximate surface area is 285 Å². The Bertz CT molecular complexity index is 2020. The van der Waals surface area contributed by atoms with Crippen molar-refractivity contribution in [2.45, 2.75) is 73.6 Å². The first-order chi connectivity index (χ1) is 24.0. The highest BCUT2D eigenvalue weighted by Gasteiger charge is 2.52. The number of nitrogens with zero attached hydrogens (tertiary/aromatic N) is 7. The van der Waals surface area contributed by atoms with Gasteiger partial charge in [-0.3, -0.25) is 32.1 Å². The highest BCUT2D eigenvalue weighted by molar-refractivity contribution is 7.99. The van der Waals surface area contributed by atoms with Gasteiger partial charge in [-0.1, -0.05) is 0 Å². The summed E-state index contributed by atoms with van der Waals surface area (Å²) in [4.78, 5) is 49.7. The van der Waals surface area contributed by atoms with Crippen LogP contribution >= 0.6 is 27.8 Å². The lowest BCUT2D eigenvalue weighted by Gasteiger charge is -2.23. The van der Waals surface area contributed by atoms with Gasteiger partial charge in [-0.05, 0) is 24.2 Å². The van der Waals surface area contributed by atoms with Crippen LogP contribution in [0, 0.1) is 0 Å². The number of aliphatic hydroxyl groups excluding tert-OH is 3. The number of alkyl halides is 1. The Morgan fingerprint density at radius 2 is 1.88 bits per heavy atom. The maximum atomic E-state index is 16.1. The van der Waals surface area contributed by atoms with E-state index in [1.165, 1.54) is 10.9 Å². The van der Waals surface area contributed by atoms with E-state index in [9.17, 15) is 39.0 Å². The van der Waals surface area contributed by atoms with Crippen molar-refractivity contribution in [1.82, 2.24) is 33.6 Å². The first-order valence-electron chi connectivity index (χ1n) is 15.3. The summed E-state index contributed by atoms with van der Waals surface area (Å²) in [5.41, 5.74) is 0.491. The van der Waals surface area contributed by atoms with Gasteiger partial charge in [0.25, 0.3) is 5.56 Å².